The zero-order valence-electron chi connectivity index (χ0n) is 15.0. The summed E-state index contributed by atoms with van der Waals surface area (Å²) in [6.07, 6.45) is 0. The van der Waals surface area contributed by atoms with E-state index in [0.717, 1.165) is 21.2 Å². The molecule has 27 heavy (non-hydrogen) atoms. The molecular formula is C21H19ClO4S. The summed E-state index contributed by atoms with van der Waals surface area (Å²) >= 11 is 7.74. The lowest BCUT2D eigenvalue weighted by Gasteiger charge is -2.13. The summed E-state index contributed by atoms with van der Waals surface area (Å²) in [7, 11) is 3.13. The Morgan fingerprint density at radius 3 is 2.48 bits per heavy atom. The molecule has 0 bridgehead atoms. The summed E-state index contributed by atoms with van der Waals surface area (Å²) in [4.78, 5) is 13.2. The molecule has 0 saturated carbocycles. The van der Waals surface area contributed by atoms with Gasteiger partial charge in [0.1, 0.15) is 6.61 Å². The number of thioether (sulfide) groups is 1. The maximum Gasteiger partial charge on any atom is 0.316 e. The van der Waals surface area contributed by atoms with Gasteiger partial charge in [0.05, 0.1) is 20.0 Å². The second-order valence-electron chi connectivity index (χ2n) is 5.70. The summed E-state index contributed by atoms with van der Waals surface area (Å²) in [5.41, 5.74) is 0.753. The minimum Gasteiger partial charge on any atom is -0.493 e. The van der Waals surface area contributed by atoms with Crippen molar-refractivity contribution in [1.82, 2.24) is 0 Å². The Morgan fingerprint density at radius 1 is 1.00 bits per heavy atom. The molecule has 6 heteroatoms. The molecule has 0 radical (unpaired) electrons. The Morgan fingerprint density at radius 2 is 1.74 bits per heavy atom. The summed E-state index contributed by atoms with van der Waals surface area (Å²) in [6.45, 7) is 0.121. The molecule has 0 aromatic heterocycles. The van der Waals surface area contributed by atoms with Crippen molar-refractivity contribution in [2.45, 2.75) is 11.5 Å². The van der Waals surface area contributed by atoms with Crippen LogP contribution in [0, 0.1) is 0 Å². The third kappa shape index (κ3) is 4.49. The second kappa shape index (κ2) is 9.02. The highest BCUT2D eigenvalue weighted by atomic mass is 35.5. The van der Waals surface area contributed by atoms with Crippen molar-refractivity contribution in [2.75, 3.05) is 20.0 Å². The van der Waals surface area contributed by atoms with Crippen LogP contribution in [0.2, 0.25) is 5.02 Å². The number of fused-ring (bicyclic) bond motifs is 1. The summed E-state index contributed by atoms with van der Waals surface area (Å²) in [5, 5.41) is 2.67. The number of benzene rings is 3. The van der Waals surface area contributed by atoms with Crippen LogP contribution in [-0.4, -0.2) is 25.9 Å². The zero-order valence-corrected chi connectivity index (χ0v) is 16.6. The molecule has 0 amide bonds. The lowest BCUT2D eigenvalue weighted by atomic mass is 10.1. The number of hydrogen-bond donors (Lipinski definition) is 0. The van der Waals surface area contributed by atoms with Crippen LogP contribution in [0.4, 0.5) is 0 Å². The van der Waals surface area contributed by atoms with Crippen molar-refractivity contribution in [2.24, 2.45) is 0 Å². The van der Waals surface area contributed by atoms with Gasteiger partial charge in [-0.1, -0.05) is 48.0 Å². The first-order valence-corrected chi connectivity index (χ1v) is 9.66. The Balaban J connectivity index is 1.65. The van der Waals surface area contributed by atoms with Crippen LogP contribution in [0.5, 0.6) is 11.5 Å². The zero-order chi connectivity index (χ0) is 19.2. The summed E-state index contributed by atoms with van der Waals surface area (Å²) in [6, 6.07) is 17.1. The van der Waals surface area contributed by atoms with E-state index in [1.165, 1.54) is 11.8 Å². The Labute approximate surface area is 167 Å². The Hall–Kier alpha value is -2.37. The van der Waals surface area contributed by atoms with Crippen LogP contribution in [0.25, 0.3) is 10.8 Å². The molecule has 0 unspecified atom stereocenters. The predicted octanol–water partition coefficient (Wildman–Crippen LogP) is 5.35. The molecule has 0 fully saturated rings. The van der Waals surface area contributed by atoms with Crippen LogP contribution in [0.15, 0.2) is 59.5 Å². The second-order valence-corrected chi connectivity index (χ2v) is 7.12. The number of esters is 1. The van der Waals surface area contributed by atoms with Gasteiger partial charge in [0.15, 0.2) is 11.5 Å². The maximum atomic E-state index is 12.2. The third-order valence-corrected chi connectivity index (χ3v) is 5.38. The van der Waals surface area contributed by atoms with E-state index >= 15 is 0 Å². The predicted molar refractivity (Wildman–Crippen MR) is 109 cm³/mol. The van der Waals surface area contributed by atoms with Gasteiger partial charge in [0, 0.05) is 20.9 Å². The van der Waals surface area contributed by atoms with E-state index in [4.69, 9.17) is 25.8 Å². The number of rotatable bonds is 7. The fraction of sp³-hybridized carbons (Fsp3) is 0.190. The smallest absolute Gasteiger partial charge is 0.316 e. The number of halogens is 1. The standard InChI is InChI=1S/C21H19ClO4S/c1-24-17-10-4-8-15(21(17)25-2)12-26-19(23)13-27-18-11-5-7-14-6-3-9-16(22)20(14)18/h3-11H,12-13H2,1-2H3. The van der Waals surface area contributed by atoms with Gasteiger partial charge in [-0.3, -0.25) is 4.79 Å². The van der Waals surface area contributed by atoms with Gasteiger partial charge in [0.2, 0.25) is 0 Å². The van der Waals surface area contributed by atoms with Gasteiger partial charge < -0.3 is 14.2 Å². The topological polar surface area (TPSA) is 44.8 Å². The summed E-state index contributed by atoms with van der Waals surface area (Å²) in [5.74, 6) is 1.05. The van der Waals surface area contributed by atoms with Crippen molar-refractivity contribution < 1.29 is 19.0 Å². The van der Waals surface area contributed by atoms with Gasteiger partial charge in [-0.2, -0.15) is 0 Å². The lowest BCUT2D eigenvalue weighted by molar-refractivity contribution is -0.141. The first-order chi connectivity index (χ1) is 13.1. The highest BCUT2D eigenvalue weighted by Crippen LogP contribution is 2.34. The fourth-order valence-electron chi connectivity index (χ4n) is 2.79. The van der Waals surface area contributed by atoms with Gasteiger partial charge in [-0.05, 0) is 23.6 Å². The molecule has 3 rings (SSSR count). The molecule has 0 aliphatic heterocycles. The van der Waals surface area contributed by atoms with E-state index in [1.807, 2.05) is 48.5 Å². The number of para-hydroxylation sites is 1. The minimum atomic E-state index is -0.311. The van der Waals surface area contributed by atoms with Gasteiger partial charge in [0.25, 0.3) is 0 Å². The van der Waals surface area contributed by atoms with Crippen LogP contribution in [-0.2, 0) is 16.1 Å². The first-order valence-electron chi connectivity index (χ1n) is 8.29. The number of ether oxygens (including phenoxy) is 3. The van der Waals surface area contributed by atoms with Crippen LogP contribution in [0.1, 0.15) is 5.56 Å². The van der Waals surface area contributed by atoms with E-state index < -0.39 is 0 Å². The SMILES string of the molecule is COc1cccc(COC(=O)CSc2cccc3cccc(Cl)c23)c1OC. The van der Waals surface area contributed by atoms with E-state index in [-0.39, 0.29) is 18.3 Å². The molecule has 140 valence electrons. The largest absolute Gasteiger partial charge is 0.493 e. The molecule has 3 aromatic rings. The molecule has 0 spiro atoms. The van der Waals surface area contributed by atoms with E-state index in [9.17, 15) is 4.79 Å². The molecular weight excluding hydrogens is 384 g/mol. The summed E-state index contributed by atoms with van der Waals surface area (Å²) < 4.78 is 16.0. The van der Waals surface area contributed by atoms with Gasteiger partial charge in [-0.15, -0.1) is 11.8 Å². The number of carbonyl (C=O) groups excluding carboxylic acids is 1. The number of carbonyl (C=O) groups is 1. The monoisotopic (exact) mass is 402 g/mol. The third-order valence-electron chi connectivity index (χ3n) is 4.03. The van der Waals surface area contributed by atoms with Gasteiger partial charge >= 0.3 is 5.97 Å². The molecule has 0 atom stereocenters. The highest BCUT2D eigenvalue weighted by molar-refractivity contribution is 8.00. The molecule has 0 saturated heterocycles. The van der Waals surface area contributed by atoms with Crippen LogP contribution < -0.4 is 9.47 Å². The number of methoxy groups -OCH3 is 2. The van der Waals surface area contributed by atoms with Crippen molar-refractivity contribution in [3.63, 3.8) is 0 Å². The molecule has 0 aliphatic rings. The van der Waals surface area contributed by atoms with Gasteiger partial charge in [-0.25, -0.2) is 0 Å². The van der Waals surface area contributed by atoms with Crippen molar-refractivity contribution in [3.8, 4) is 11.5 Å². The minimum absolute atomic E-state index is 0.121. The van der Waals surface area contributed by atoms with E-state index in [2.05, 4.69) is 0 Å². The van der Waals surface area contributed by atoms with E-state index in [1.54, 1.807) is 20.3 Å². The van der Waals surface area contributed by atoms with Crippen molar-refractivity contribution in [1.29, 1.82) is 0 Å². The fourth-order valence-corrected chi connectivity index (χ4v) is 4.03. The van der Waals surface area contributed by atoms with Crippen molar-refractivity contribution in [3.05, 3.63) is 65.2 Å². The molecule has 0 aliphatic carbocycles. The Bertz CT molecular complexity index is 953. The van der Waals surface area contributed by atoms with E-state index in [0.29, 0.717) is 16.5 Å². The van der Waals surface area contributed by atoms with Crippen molar-refractivity contribution >= 4 is 40.1 Å². The lowest BCUT2D eigenvalue weighted by Crippen LogP contribution is -2.08. The maximum absolute atomic E-state index is 12.2. The number of hydrogen-bond acceptors (Lipinski definition) is 5. The molecule has 4 nitrogen and oxygen atoms in total. The van der Waals surface area contributed by atoms with Crippen LogP contribution >= 0.6 is 23.4 Å². The van der Waals surface area contributed by atoms with Crippen LogP contribution in [0.3, 0.4) is 0 Å². The highest BCUT2D eigenvalue weighted by Gasteiger charge is 2.13. The molecule has 3 aromatic carbocycles. The quantitative estimate of drug-likeness (QED) is 0.394. The Kier molecular flexibility index (Phi) is 6.48. The molecule has 0 heterocycles. The molecule has 0 N–H and O–H groups in total. The normalized spacial score (nSPS) is 10.6. The average molecular weight is 403 g/mol. The average Bonchev–Trinajstić information content (AvgIpc) is 2.70. The first kappa shape index (κ1) is 19.4.